The van der Waals surface area contributed by atoms with Crippen LogP contribution >= 0.6 is 27.3 Å². The van der Waals surface area contributed by atoms with Crippen molar-refractivity contribution in [2.75, 3.05) is 0 Å². The first-order valence-electron chi connectivity index (χ1n) is 4.86. The van der Waals surface area contributed by atoms with Gasteiger partial charge in [-0.05, 0) is 34.0 Å². The van der Waals surface area contributed by atoms with Gasteiger partial charge in [-0.25, -0.2) is 0 Å². The monoisotopic (exact) mass is 300 g/mol. The van der Waals surface area contributed by atoms with Crippen molar-refractivity contribution in [1.29, 1.82) is 0 Å². The lowest BCUT2D eigenvalue weighted by Gasteiger charge is -2.12. The van der Waals surface area contributed by atoms with Gasteiger partial charge in [0, 0.05) is 28.0 Å². The molecule has 3 N–H and O–H groups in total. The first-order chi connectivity index (χ1) is 7.69. The fraction of sp³-hybridized carbons (Fsp3) is 0.300. The van der Waals surface area contributed by atoms with Crippen molar-refractivity contribution in [3.63, 3.8) is 0 Å². The molecule has 0 radical (unpaired) electrons. The highest BCUT2D eigenvalue weighted by Crippen LogP contribution is 2.27. The summed E-state index contributed by atoms with van der Waals surface area (Å²) in [6.07, 6.45) is 4.72. The predicted octanol–water partition coefficient (Wildman–Crippen LogP) is 1.99. The molecule has 1 atom stereocenters. The maximum Gasteiger partial charge on any atom is 0.0595 e. The average Bonchev–Trinajstić information content (AvgIpc) is 2.84. The van der Waals surface area contributed by atoms with E-state index in [1.807, 2.05) is 19.4 Å². The molecule has 0 saturated heterocycles. The molecule has 0 aliphatic heterocycles. The van der Waals surface area contributed by atoms with E-state index in [1.54, 1.807) is 16.0 Å². The molecule has 2 rings (SSSR count). The second-order valence-corrected chi connectivity index (χ2v) is 5.47. The van der Waals surface area contributed by atoms with Crippen molar-refractivity contribution in [2.24, 2.45) is 12.9 Å². The summed E-state index contributed by atoms with van der Waals surface area (Å²) in [6, 6.07) is 2.23. The number of hydrazine groups is 1. The quantitative estimate of drug-likeness (QED) is 0.671. The number of nitrogens with two attached hydrogens (primary N) is 1. The lowest BCUT2D eigenvalue weighted by Crippen LogP contribution is -2.28. The second kappa shape index (κ2) is 5.09. The van der Waals surface area contributed by atoms with Crippen LogP contribution < -0.4 is 11.3 Å². The van der Waals surface area contributed by atoms with Crippen molar-refractivity contribution < 1.29 is 0 Å². The molecule has 2 heterocycles. The molecule has 0 bridgehead atoms. The van der Waals surface area contributed by atoms with Gasteiger partial charge in [-0.15, -0.1) is 11.3 Å². The van der Waals surface area contributed by atoms with Crippen molar-refractivity contribution in [1.82, 2.24) is 15.2 Å². The van der Waals surface area contributed by atoms with Crippen LogP contribution in [0.1, 0.15) is 16.5 Å². The summed E-state index contributed by atoms with van der Waals surface area (Å²) >= 11 is 5.14. The van der Waals surface area contributed by atoms with E-state index in [9.17, 15) is 0 Å². The molecule has 86 valence electrons. The Bertz CT molecular complexity index is 465. The molecule has 16 heavy (non-hydrogen) atoms. The largest absolute Gasteiger partial charge is 0.276 e. The lowest BCUT2D eigenvalue weighted by atomic mass is 10.1. The van der Waals surface area contributed by atoms with E-state index >= 15 is 0 Å². The fourth-order valence-corrected chi connectivity index (χ4v) is 3.07. The first-order valence-corrected chi connectivity index (χ1v) is 6.54. The van der Waals surface area contributed by atoms with Crippen LogP contribution in [-0.4, -0.2) is 9.78 Å². The number of thiophene rings is 1. The van der Waals surface area contributed by atoms with Crippen LogP contribution in [-0.2, 0) is 13.5 Å². The van der Waals surface area contributed by atoms with Crippen LogP contribution in [0.5, 0.6) is 0 Å². The van der Waals surface area contributed by atoms with Crippen LogP contribution in [0.3, 0.4) is 0 Å². The van der Waals surface area contributed by atoms with E-state index in [4.69, 9.17) is 5.84 Å². The number of nitrogens with one attached hydrogen (secondary N) is 1. The highest BCUT2D eigenvalue weighted by Gasteiger charge is 2.13. The highest BCUT2D eigenvalue weighted by atomic mass is 79.9. The van der Waals surface area contributed by atoms with E-state index in [0.717, 1.165) is 10.9 Å². The van der Waals surface area contributed by atoms with Gasteiger partial charge >= 0.3 is 0 Å². The standard InChI is InChI=1S/C10H13BrN4S/c1-15-5-7(4-13-15)2-9(14-12)10-3-8(11)6-16-10/h3-6,9,14H,2,12H2,1H3. The van der Waals surface area contributed by atoms with Crippen molar-refractivity contribution in [2.45, 2.75) is 12.5 Å². The summed E-state index contributed by atoms with van der Waals surface area (Å²) in [4.78, 5) is 1.22. The first kappa shape index (κ1) is 11.8. The molecule has 2 aromatic heterocycles. The van der Waals surface area contributed by atoms with Crippen LogP contribution in [0.25, 0.3) is 0 Å². The SMILES string of the molecule is Cn1cc(CC(NN)c2cc(Br)cs2)cn1. The molecule has 4 nitrogen and oxygen atoms in total. The van der Waals surface area contributed by atoms with Crippen LogP contribution in [0.2, 0.25) is 0 Å². The van der Waals surface area contributed by atoms with Gasteiger partial charge < -0.3 is 0 Å². The molecule has 0 amide bonds. The Morgan fingerprint density at radius 3 is 3.00 bits per heavy atom. The minimum atomic E-state index is 0.139. The molecule has 0 aromatic carbocycles. The minimum absolute atomic E-state index is 0.139. The maximum atomic E-state index is 5.58. The summed E-state index contributed by atoms with van der Waals surface area (Å²) in [5, 5.41) is 6.20. The van der Waals surface area contributed by atoms with E-state index in [1.165, 1.54) is 10.4 Å². The number of nitrogens with zero attached hydrogens (tertiary/aromatic N) is 2. The summed E-state index contributed by atoms with van der Waals surface area (Å²) < 4.78 is 2.90. The van der Waals surface area contributed by atoms with Crippen molar-refractivity contribution >= 4 is 27.3 Å². The Balaban J connectivity index is 2.12. The van der Waals surface area contributed by atoms with Gasteiger partial charge in [0.2, 0.25) is 0 Å². The Labute approximate surface area is 107 Å². The van der Waals surface area contributed by atoms with Gasteiger partial charge in [0.05, 0.1) is 12.2 Å². The molecule has 2 aromatic rings. The van der Waals surface area contributed by atoms with Crippen LogP contribution in [0.4, 0.5) is 0 Å². The number of aryl methyl sites for hydroxylation is 1. The zero-order valence-electron chi connectivity index (χ0n) is 8.85. The molecule has 0 saturated carbocycles. The number of halogens is 1. The number of hydrogen-bond acceptors (Lipinski definition) is 4. The number of hydrogen-bond donors (Lipinski definition) is 2. The second-order valence-electron chi connectivity index (χ2n) is 3.61. The van der Waals surface area contributed by atoms with Crippen molar-refractivity contribution in [3.8, 4) is 0 Å². The molecular formula is C10H13BrN4S. The van der Waals surface area contributed by atoms with E-state index in [0.29, 0.717) is 0 Å². The van der Waals surface area contributed by atoms with Gasteiger partial charge in [0.1, 0.15) is 0 Å². The number of aromatic nitrogens is 2. The topological polar surface area (TPSA) is 55.9 Å². The van der Waals surface area contributed by atoms with Gasteiger partial charge in [-0.3, -0.25) is 16.0 Å². The molecule has 0 fully saturated rings. The Hall–Kier alpha value is -0.690. The average molecular weight is 301 g/mol. The molecule has 0 aliphatic rings. The van der Waals surface area contributed by atoms with Gasteiger partial charge in [0.15, 0.2) is 0 Å². The highest BCUT2D eigenvalue weighted by molar-refractivity contribution is 9.10. The molecule has 6 heteroatoms. The fourth-order valence-electron chi connectivity index (χ4n) is 1.57. The summed E-state index contributed by atoms with van der Waals surface area (Å²) in [6.45, 7) is 0. The Morgan fingerprint density at radius 1 is 1.69 bits per heavy atom. The minimum Gasteiger partial charge on any atom is -0.276 e. The van der Waals surface area contributed by atoms with Gasteiger partial charge in [-0.1, -0.05) is 0 Å². The molecule has 0 spiro atoms. The summed E-state index contributed by atoms with van der Waals surface area (Å²) in [5.74, 6) is 5.58. The van der Waals surface area contributed by atoms with Gasteiger partial charge in [-0.2, -0.15) is 5.10 Å². The third-order valence-electron chi connectivity index (χ3n) is 2.33. The van der Waals surface area contributed by atoms with Gasteiger partial charge in [0.25, 0.3) is 0 Å². The van der Waals surface area contributed by atoms with E-state index in [2.05, 4.69) is 37.9 Å². The number of rotatable bonds is 4. The van der Waals surface area contributed by atoms with E-state index in [-0.39, 0.29) is 6.04 Å². The van der Waals surface area contributed by atoms with Crippen LogP contribution in [0.15, 0.2) is 28.3 Å². The summed E-state index contributed by atoms with van der Waals surface area (Å²) in [7, 11) is 1.91. The summed E-state index contributed by atoms with van der Waals surface area (Å²) in [5.41, 5.74) is 4.02. The lowest BCUT2D eigenvalue weighted by molar-refractivity contribution is 0.560. The van der Waals surface area contributed by atoms with E-state index < -0.39 is 0 Å². The Morgan fingerprint density at radius 2 is 2.50 bits per heavy atom. The van der Waals surface area contributed by atoms with Crippen molar-refractivity contribution in [3.05, 3.63) is 38.8 Å². The zero-order valence-corrected chi connectivity index (χ0v) is 11.3. The normalized spacial score (nSPS) is 12.9. The molecule has 1 unspecified atom stereocenters. The van der Waals surface area contributed by atoms with Crippen LogP contribution in [0, 0.1) is 0 Å². The Kier molecular flexibility index (Phi) is 3.75. The maximum absolute atomic E-state index is 5.58. The zero-order chi connectivity index (χ0) is 11.5. The molecular weight excluding hydrogens is 288 g/mol. The third kappa shape index (κ3) is 2.70. The molecule has 0 aliphatic carbocycles. The predicted molar refractivity (Wildman–Crippen MR) is 69.0 cm³/mol. The smallest absolute Gasteiger partial charge is 0.0595 e. The third-order valence-corrected chi connectivity index (χ3v) is 4.14.